The number of rotatable bonds is 5. The number of carbonyl (C=O) groups excluding carboxylic acids is 1. The second kappa shape index (κ2) is 5.57. The highest BCUT2D eigenvalue weighted by Gasteiger charge is 2.45. The number of nitrogens with two attached hydrogens (primary N) is 1. The van der Waals surface area contributed by atoms with Crippen LogP contribution in [0.15, 0.2) is 0 Å². The highest BCUT2D eigenvalue weighted by atomic mass is 16.1. The van der Waals surface area contributed by atoms with Crippen molar-refractivity contribution in [3.63, 3.8) is 0 Å². The molecule has 2 unspecified atom stereocenters. The number of hydrogen-bond donors (Lipinski definition) is 2. The lowest BCUT2D eigenvalue weighted by molar-refractivity contribution is -0.124. The molecule has 104 valence electrons. The average Bonchev–Trinajstić information content (AvgIpc) is 3.00. The molecule has 2 fully saturated rings. The molecular weight excluding hydrogens is 226 g/mol. The molecule has 2 aliphatic rings. The van der Waals surface area contributed by atoms with Crippen molar-refractivity contribution in [2.45, 2.75) is 69.5 Å². The summed E-state index contributed by atoms with van der Waals surface area (Å²) in [6, 6.07) is 1.26. The molecule has 0 heterocycles. The van der Waals surface area contributed by atoms with E-state index in [1.54, 1.807) is 0 Å². The van der Waals surface area contributed by atoms with E-state index in [-0.39, 0.29) is 5.91 Å². The summed E-state index contributed by atoms with van der Waals surface area (Å²) in [5.74, 6) is -0.185. The summed E-state index contributed by atoms with van der Waals surface area (Å²) in [4.78, 5) is 14.3. The fourth-order valence-corrected chi connectivity index (χ4v) is 3.93. The van der Waals surface area contributed by atoms with Crippen molar-refractivity contribution in [1.82, 2.24) is 10.2 Å². The lowest BCUT2D eigenvalue weighted by Crippen LogP contribution is -2.53. The summed E-state index contributed by atoms with van der Waals surface area (Å²) >= 11 is 0. The van der Waals surface area contributed by atoms with E-state index in [0.29, 0.717) is 6.04 Å². The van der Waals surface area contributed by atoms with E-state index >= 15 is 0 Å². The topological polar surface area (TPSA) is 58.4 Å². The van der Waals surface area contributed by atoms with Gasteiger partial charge in [0, 0.05) is 12.1 Å². The Morgan fingerprint density at radius 1 is 1.33 bits per heavy atom. The third kappa shape index (κ3) is 2.41. The molecule has 1 amide bonds. The minimum Gasteiger partial charge on any atom is -0.368 e. The van der Waals surface area contributed by atoms with Crippen LogP contribution in [0.4, 0.5) is 0 Å². The van der Waals surface area contributed by atoms with Gasteiger partial charge in [-0.1, -0.05) is 19.8 Å². The maximum Gasteiger partial charge on any atom is 0.237 e. The van der Waals surface area contributed by atoms with Crippen LogP contribution in [0.25, 0.3) is 0 Å². The van der Waals surface area contributed by atoms with Crippen molar-refractivity contribution in [3.05, 3.63) is 0 Å². The molecule has 4 heteroatoms. The van der Waals surface area contributed by atoms with Crippen LogP contribution in [0, 0.1) is 0 Å². The van der Waals surface area contributed by atoms with E-state index in [2.05, 4.69) is 17.1 Å². The summed E-state index contributed by atoms with van der Waals surface area (Å²) in [5.41, 5.74) is 5.12. The quantitative estimate of drug-likeness (QED) is 0.775. The van der Waals surface area contributed by atoms with E-state index in [1.165, 1.54) is 25.7 Å². The largest absolute Gasteiger partial charge is 0.368 e. The Labute approximate surface area is 110 Å². The Hall–Kier alpha value is -0.610. The molecule has 0 bridgehead atoms. The lowest BCUT2D eigenvalue weighted by atomic mass is 9.96. The van der Waals surface area contributed by atoms with Crippen molar-refractivity contribution in [2.24, 2.45) is 5.73 Å². The van der Waals surface area contributed by atoms with Crippen LogP contribution < -0.4 is 11.1 Å². The molecular formula is C14H27N3O. The van der Waals surface area contributed by atoms with Gasteiger partial charge in [-0.15, -0.1) is 0 Å². The van der Waals surface area contributed by atoms with Crippen LogP contribution in [-0.4, -0.2) is 42.0 Å². The van der Waals surface area contributed by atoms with Gasteiger partial charge in [-0.05, 0) is 45.7 Å². The number of likely N-dealkylation sites (N-methyl/N-ethyl adjacent to an activating group) is 1. The molecule has 2 saturated carbocycles. The Bertz CT molecular complexity index is 301. The van der Waals surface area contributed by atoms with Crippen LogP contribution in [0.5, 0.6) is 0 Å². The first-order chi connectivity index (χ1) is 8.63. The highest BCUT2D eigenvalue weighted by Crippen LogP contribution is 2.36. The number of nitrogens with one attached hydrogen (secondary N) is 1. The maximum atomic E-state index is 11.7. The highest BCUT2D eigenvalue weighted by molar-refractivity contribution is 5.85. The van der Waals surface area contributed by atoms with Crippen LogP contribution >= 0.6 is 0 Å². The third-order valence-corrected chi connectivity index (χ3v) is 5.07. The van der Waals surface area contributed by atoms with Crippen LogP contribution in [0.3, 0.4) is 0 Å². The van der Waals surface area contributed by atoms with Gasteiger partial charge in [-0.2, -0.15) is 0 Å². The normalized spacial score (nSPS) is 33.4. The van der Waals surface area contributed by atoms with Crippen molar-refractivity contribution in [2.75, 3.05) is 13.6 Å². The number of carbonyl (C=O) groups is 1. The van der Waals surface area contributed by atoms with E-state index in [1.807, 2.05) is 7.05 Å². The van der Waals surface area contributed by atoms with E-state index in [4.69, 9.17) is 5.73 Å². The molecule has 0 aromatic carbocycles. The van der Waals surface area contributed by atoms with E-state index in [0.717, 1.165) is 31.8 Å². The standard InChI is InChI=1S/C14H27N3O/c1-3-17(11-6-4-5-7-11)12-8-9-14(10-12,16-2)13(15)18/h11-12,16H,3-10H2,1-2H3,(H2,15,18). The minimum atomic E-state index is -0.462. The number of primary amides is 1. The van der Waals surface area contributed by atoms with Gasteiger partial charge in [0.15, 0.2) is 0 Å². The van der Waals surface area contributed by atoms with Gasteiger partial charge in [0.05, 0.1) is 5.54 Å². The number of amides is 1. The first-order valence-corrected chi connectivity index (χ1v) is 7.37. The van der Waals surface area contributed by atoms with Gasteiger partial charge in [0.2, 0.25) is 5.91 Å². The van der Waals surface area contributed by atoms with Gasteiger partial charge >= 0.3 is 0 Å². The third-order valence-electron chi connectivity index (χ3n) is 5.07. The summed E-state index contributed by atoms with van der Waals surface area (Å²) < 4.78 is 0. The molecule has 0 aliphatic heterocycles. The smallest absolute Gasteiger partial charge is 0.237 e. The molecule has 18 heavy (non-hydrogen) atoms. The van der Waals surface area contributed by atoms with Gasteiger partial charge < -0.3 is 11.1 Å². The first kappa shape index (κ1) is 13.8. The van der Waals surface area contributed by atoms with Gasteiger partial charge in [0.25, 0.3) is 0 Å². The van der Waals surface area contributed by atoms with Gasteiger partial charge in [0.1, 0.15) is 0 Å². The fourth-order valence-electron chi connectivity index (χ4n) is 3.93. The zero-order valence-electron chi connectivity index (χ0n) is 11.7. The zero-order valence-corrected chi connectivity index (χ0v) is 11.7. The SMILES string of the molecule is CCN(C1CCCC1)C1CCC(NC)(C(N)=O)C1. The second-order valence-corrected chi connectivity index (χ2v) is 5.86. The Balaban J connectivity index is 2.03. The lowest BCUT2D eigenvalue weighted by Gasteiger charge is -2.34. The summed E-state index contributed by atoms with van der Waals surface area (Å²) in [6.45, 7) is 3.33. The van der Waals surface area contributed by atoms with Crippen molar-refractivity contribution >= 4 is 5.91 Å². The molecule has 0 saturated heterocycles. The van der Waals surface area contributed by atoms with Gasteiger partial charge in [-0.25, -0.2) is 0 Å². The molecule has 4 nitrogen and oxygen atoms in total. The van der Waals surface area contributed by atoms with E-state index < -0.39 is 5.54 Å². The van der Waals surface area contributed by atoms with Gasteiger partial charge in [-0.3, -0.25) is 9.69 Å². The Kier molecular flexibility index (Phi) is 4.28. The molecule has 2 rings (SSSR count). The van der Waals surface area contributed by atoms with Crippen LogP contribution in [-0.2, 0) is 4.79 Å². The summed E-state index contributed by atoms with van der Waals surface area (Å²) in [5, 5.41) is 3.18. The summed E-state index contributed by atoms with van der Waals surface area (Å²) in [7, 11) is 1.86. The van der Waals surface area contributed by atoms with Crippen LogP contribution in [0.1, 0.15) is 51.9 Å². The second-order valence-electron chi connectivity index (χ2n) is 5.86. The zero-order chi connectivity index (χ0) is 13.2. The predicted molar refractivity (Wildman–Crippen MR) is 73.3 cm³/mol. The summed E-state index contributed by atoms with van der Waals surface area (Å²) in [6.07, 6.45) is 8.23. The molecule has 2 aliphatic carbocycles. The first-order valence-electron chi connectivity index (χ1n) is 7.37. The molecule has 0 spiro atoms. The van der Waals surface area contributed by atoms with Crippen LogP contribution in [0.2, 0.25) is 0 Å². The predicted octanol–water partition coefficient (Wildman–Crippen LogP) is 1.25. The molecule has 2 atom stereocenters. The Morgan fingerprint density at radius 3 is 2.44 bits per heavy atom. The maximum absolute atomic E-state index is 11.7. The van der Waals surface area contributed by atoms with Crippen molar-refractivity contribution < 1.29 is 4.79 Å². The van der Waals surface area contributed by atoms with E-state index in [9.17, 15) is 4.79 Å². The van der Waals surface area contributed by atoms with Crippen molar-refractivity contribution in [1.29, 1.82) is 0 Å². The number of hydrogen-bond acceptors (Lipinski definition) is 3. The van der Waals surface area contributed by atoms with Crippen molar-refractivity contribution in [3.8, 4) is 0 Å². The minimum absolute atomic E-state index is 0.185. The monoisotopic (exact) mass is 253 g/mol. The fraction of sp³-hybridized carbons (Fsp3) is 0.929. The molecule has 0 aromatic rings. The average molecular weight is 253 g/mol. The Morgan fingerprint density at radius 2 is 2.00 bits per heavy atom. The number of nitrogens with zero attached hydrogens (tertiary/aromatic N) is 1. The molecule has 0 radical (unpaired) electrons. The molecule has 0 aromatic heterocycles. The molecule has 3 N–H and O–H groups in total.